The summed E-state index contributed by atoms with van der Waals surface area (Å²) in [5.41, 5.74) is 3.45. The molecule has 0 bridgehead atoms. The maximum absolute atomic E-state index is 12.1. The first-order valence-corrected chi connectivity index (χ1v) is 6.80. The van der Waals surface area contributed by atoms with Crippen molar-refractivity contribution in [3.05, 3.63) is 57.9 Å². The van der Waals surface area contributed by atoms with Gasteiger partial charge in [0.1, 0.15) is 12.3 Å². The highest BCUT2D eigenvalue weighted by Gasteiger charge is 2.20. The van der Waals surface area contributed by atoms with Crippen LogP contribution in [0.1, 0.15) is 50.2 Å². The highest BCUT2D eigenvalue weighted by atomic mass is 16.5. The highest BCUT2D eigenvalue weighted by Crippen LogP contribution is 2.19. The predicted molar refractivity (Wildman–Crippen MR) is 80.5 cm³/mol. The zero-order valence-corrected chi connectivity index (χ0v) is 12.7. The Bertz CT molecular complexity index is 764. The molecule has 1 aromatic carbocycles. The molecule has 22 heavy (non-hydrogen) atoms. The standard InChI is InChI=1S/C17H16N2O3/c1-10-15(12(3)20)11(2)19-16(10)17(21)22-9-14-6-4-13(8-18)5-7-14/h4-7,19H,9H2,1-3H3. The summed E-state index contributed by atoms with van der Waals surface area (Å²) in [5.74, 6) is -0.588. The normalized spacial score (nSPS) is 10.1. The van der Waals surface area contributed by atoms with E-state index in [0.29, 0.717) is 28.1 Å². The molecule has 5 heteroatoms. The lowest BCUT2D eigenvalue weighted by Gasteiger charge is -2.05. The number of rotatable bonds is 4. The molecule has 2 rings (SSSR count). The van der Waals surface area contributed by atoms with Gasteiger partial charge in [0.05, 0.1) is 11.6 Å². The number of nitrogens with zero attached hydrogens (tertiary/aromatic N) is 1. The number of nitriles is 1. The summed E-state index contributed by atoms with van der Waals surface area (Å²) >= 11 is 0. The maximum Gasteiger partial charge on any atom is 0.355 e. The minimum absolute atomic E-state index is 0.0857. The second kappa shape index (κ2) is 6.27. The molecule has 1 aromatic heterocycles. The van der Waals surface area contributed by atoms with E-state index in [1.807, 2.05) is 6.07 Å². The van der Waals surface area contributed by atoms with Crippen molar-refractivity contribution >= 4 is 11.8 Å². The van der Waals surface area contributed by atoms with Crippen molar-refractivity contribution in [1.82, 2.24) is 4.98 Å². The number of benzene rings is 1. The SMILES string of the molecule is CC(=O)c1c(C)[nH]c(C(=O)OCc2ccc(C#N)cc2)c1C. The van der Waals surface area contributed by atoms with E-state index in [9.17, 15) is 9.59 Å². The zero-order chi connectivity index (χ0) is 16.3. The number of carbonyl (C=O) groups excluding carboxylic acids is 2. The summed E-state index contributed by atoms with van der Waals surface area (Å²) in [6.07, 6.45) is 0. The number of esters is 1. The Labute approximate surface area is 128 Å². The van der Waals surface area contributed by atoms with E-state index in [1.165, 1.54) is 6.92 Å². The van der Waals surface area contributed by atoms with Crippen molar-refractivity contribution in [2.75, 3.05) is 0 Å². The Morgan fingerprint density at radius 2 is 1.86 bits per heavy atom. The monoisotopic (exact) mass is 296 g/mol. The van der Waals surface area contributed by atoms with Crippen molar-refractivity contribution < 1.29 is 14.3 Å². The molecule has 1 heterocycles. The quantitative estimate of drug-likeness (QED) is 0.694. The molecule has 0 radical (unpaired) electrons. The van der Waals surface area contributed by atoms with E-state index in [-0.39, 0.29) is 12.4 Å². The minimum atomic E-state index is -0.502. The van der Waals surface area contributed by atoms with Crippen LogP contribution < -0.4 is 0 Å². The van der Waals surface area contributed by atoms with Crippen LogP contribution in [0.2, 0.25) is 0 Å². The number of aromatic amines is 1. The Kier molecular flexibility index (Phi) is 4.42. The van der Waals surface area contributed by atoms with Crippen molar-refractivity contribution in [1.29, 1.82) is 5.26 Å². The van der Waals surface area contributed by atoms with Gasteiger partial charge in [0, 0.05) is 11.3 Å². The van der Waals surface area contributed by atoms with Crippen LogP contribution in [0.4, 0.5) is 0 Å². The molecule has 0 fully saturated rings. The number of aromatic nitrogens is 1. The summed E-state index contributed by atoms with van der Waals surface area (Å²) in [6.45, 7) is 5.05. The minimum Gasteiger partial charge on any atom is -0.456 e. The number of carbonyl (C=O) groups is 2. The Morgan fingerprint density at radius 3 is 2.36 bits per heavy atom. The van der Waals surface area contributed by atoms with Crippen LogP contribution in [0.3, 0.4) is 0 Å². The average Bonchev–Trinajstić information content (AvgIpc) is 2.80. The van der Waals surface area contributed by atoms with Crippen LogP contribution in [-0.4, -0.2) is 16.7 Å². The third kappa shape index (κ3) is 3.07. The van der Waals surface area contributed by atoms with Gasteiger partial charge in [-0.2, -0.15) is 5.26 Å². The first kappa shape index (κ1) is 15.5. The van der Waals surface area contributed by atoms with Crippen LogP contribution in [0.25, 0.3) is 0 Å². The molecule has 0 saturated carbocycles. The number of hydrogen-bond donors (Lipinski definition) is 1. The average molecular weight is 296 g/mol. The molecular formula is C17H16N2O3. The fourth-order valence-corrected chi connectivity index (χ4v) is 2.38. The molecule has 0 aliphatic carbocycles. The molecule has 0 saturated heterocycles. The molecule has 5 nitrogen and oxygen atoms in total. The number of ketones is 1. The Balaban J connectivity index is 2.11. The van der Waals surface area contributed by atoms with Crippen LogP contribution in [0, 0.1) is 25.2 Å². The van der Waals surface area contributed by atoms with Gasteiger partial charge in [0.2, 0.25) is 0 Å². The van der Waals surface area contributed by atoms with Crippen molar-refractivity contribution in [3.63, 3.8) is 0 Å². The molecule has 1 N–H and O–H groups in total. The largest absolute Gasteiger partial charge is 0.456 e. The highest BCUT2D eigenvalue weighted by molar-refractivity contribution is 6.01. The van der Waals surface area contributed by atoms with Gasteiger partial charge in [-0.15, -0.1) is 0 Å². The van der Waals surface area contributed by atoms with Crippen LogP contribution in [0.5, 0.6) is 0 Å². The fraction of sp³-hybridized carbons (Fsp3) is 0.235. The molecule has 0 spiro atoms. The number of hydrogen-bond acceptors (Lipinski definition) is 4. The van der Waals surface area contributed by atoms with Crippen molar-refractivity contribution in [2.24, 2.45) is 0 Å². The summed E-state index contributed by atoms with van der Waals surface area (Å²) < 4.78 is 5.25. The summed E-state index contributed by atoms with van der Waals surface area (Å²) in [5, 5.41) is 8.73. The van der Waals surface area contributed by atoms with Crippen LogP contribution in [-0.2, 0) is 11.3 Å². The van der Waals surface area contributed by atoms with Gasteiger partial charge in [-0.1, -0.05) is 12.1 Å². The molecule has 112 valence electrons. The van der Waals surface area contributed by atoms with Crippen molar-refractivity contribution in [2.45, 2.75) is 27.4 Å². The van der Waals surface area contributed by atoms with Crippen LogP contribution in [0.15, 0.2) is 24.3 Å². The fourth-order valence-electron chi connectivity index (χ4n) is 2.38. The molecule has 0 atom stereocenters. The maximum atomic E-state index is 12.1. The smallest absolute Gasteiger partial charge is 0.355 e. The van der Waals surface area contributed by atoms with Gasteiger partial charge in [-0.3, -0.25) is 4.79 Å². The second-order valence-corrected chi connectivity index (χ2v) is 5.07. The Hall–Kier alpha value is -2.87. The lowest BCUT2D eigenvalue weighted by molar-refractivity contribution is 0.0465. The third-order valence-electron chi connectivity index (χ3n) is 3.45. The molecule has 0 amide bonds. The first-order valence-electron chi connectivity index (χ1n) is 6.80. The van der Waals surface area contributed by atoms with Gasteiger partial charge >= 0.3 is 5.97 Å². The first-order chi connectivity index (χ1) is 10.4. The summed E-state index contributed by atoms with van der Waals surface area (Å²) in [6, 6.07) is 8.83. The van der Waals surface area contributed by atoms with E-state index in [2.05, 4.69) is 4.98 Å². The third-order valence-corrected chi connectivity index (χ3v) is 3.45. The number of nitrogens with one attached hydrogen (secondary N) is 1. The molecule has 0 aliphatic heterocycles. The van der Waals surface area contributed by atoms with Crippen molar-refractivity contribution in [3.8, 4) is 6.07 Å². The van der Waals surface area contributed by atoms with E-state index < -0.39 is 5.97 Å². The molecule has 0 unspecified atom stereocenters. The molecule has 0 aliphatic rings. The number of aryl methyl sites for hydroxylation is 1. The van der Waals surface area contributed by atoms with Gasteiger partial charge in [-0.05, 0) is 44.0 Å². The second-order valence-electron chi connectivity index (χ2n) is 5.07. The van der Waals surface area contributed by atoms with E-state index >= 15 is 0 Å². The van der Waals surface area contributed by atoms with E-state index in [4.69, 9.17) is 10.00 Å². The van der Waals surface area contributed by atoms with Gasteiger partial charge in [0.15, 0.2) is 5.78 Å². The molecular weight excluding hydrogens is 280 g/mol. The van der Waals surface area contributed by atoms with Gasteiger partial charge in [-0.25, -0.2) is 4.79 Å². The van der Waals surface area contributed by atoms with E-state index in [0.717, 1.165) is 5.56 Å². The number of ether oxygens (including phenoxy) is 1. The van der Waals surface area contributed by atoms with E-state index in [1.54, 1.807) is 38.1 Å². The van der Waals surface area contributed by atoms with Gasteiger partial charge < -0.3 is 9.72 Å². The lowest BCUT2D eigenvalue weighted by Crippen LogP contribution is -2.07. The topological polar surface area (TPSA) is 82.9 Å². The number of H-pyrrole nitrogens is 1. The van der Waals surface area contributed by atoms with Crippen LogP contribution >= 0.6 is 0 Å². The predicted octanol–water partition coefficient (Wildman–Crippen LogP) is 3.06. The summed E-state index contributed by atoms with van der Waals surface area (Å²) in [4.78, 5) is 26.6. The Morgan fingerprint density at radius 1 is 1.23 bits per heavy atom. The lowest BCUT2D eigenvalue weighted by atomic mass is 10.1. The number of Topliss-reactive ketones (excluding diaryl/α,β-unsaturated/α-hetero) is 1. The summed E-state index contributed by atoms with van der Waals surface area (Å²) in [7, 11) is 0. The molecule has 2 aromatic rings. The zero-order valence-electron chi connectivity index (χ0n) is 12.7. The van der Waals surface area contributed by atoms with Gasteiger partial charge in [0.25, 0.3) is 0 Å².